The van der Waals surface area contributed by atoms with Crippen molar-refractivity contribution in [1.29, 1.82) is 0 Å². The third-order valence-corrected chi connectivity index (χ3v) is 3.40. The Hall–Kier alpha value is -1.95. The van der Waals surface area contributed by atoms with Gasteiger partial charge in [-0.25, -0.2) is 4.98 Å². The van der Waals surface area contributed by atoms with Crippen LogP contribution in [-0.4, -0.2) is 42.6 Å². The molecule has 6 nitrogen and oxygen atoms in total. The minimum Gasteiger partial charge on any atom is -0.376 e. The SMILES string of the molecule is CC(C)CNC(=O)c1cccc(C(=O)NCC2CCCO2)n1. The second kappa shape index (κ2) is 7.89. The van der Waals surface area contributed by atoms with E-state index in [1.54, 1.807) is 18.2 Å². The number of amides is 2. The summed E-state index contributed by atoms with van der Waals surface area (Å²) in [6.45, 7) is 5.84. The number of nitrogens with zero attached hydrogens (tertiary/aromatic N) is 1. The molecule has 1 atom stereocenters. The predicted octanol–water partition coefficient (Wildman–Crippen LogP) is 1.38. The molecular formula is C16H23N3O3. The molecule has 2 heterocycles. The summed E-state index contributed by atoms with van der Waals surface area (Å²) in [5.74, 6) is -0.182. The fraction of sp³-hybridized carbons (Fsp3) is 0.562. The molecule has 0 aliphatic carbocycles. The number of hydrogen-bond acceptors (Lipinski definition) is 4. The lowest BCUT2D eigenvalue weighted by molar-refractivity contribution is 0.0853. The summed E-state index contributed by atoms with van der Waals surface area (Å²) in [4.78, 5) is 28.2. The van der Waals surface area contributed by atoms with Crippen LogP contribution in [0.5, 0.6) is 0 Å². The third-order valence-electron chi connectivity index (χ3n) is 3.40. The van der Waals surface area contributed by atoms with Gasteiger partial charge in [0.1, 0.15) is 11.4 Å². The monoisotopic (exact) mass is 305 g/mol. The summed E-state index contributed by atoms with van der Waals surface area (Å²) in [6, 6.07) is 4.87. The van der Waals surface area contributed by atoms with E-state index in [9.17, 15) is 9.59 Å². The minimum absolute atomic E-state index is 0.0847. The van der Waals surface area contributed by atoms with Gasteiger partial charge in [-0.05, 0) is 30.9 Å². The molecule has 6 heteroatoms. The van der Waals surface area contributed by atoms with Crippen molar-refractivity contribution in [3.63, 3.8) is 0 Å². The van der Waals surface area contributed by atoms with Gasteiger partial charge in [0.05, 0.1) is 6.10 Å². The maximum atomic E-state index is 12.1. The molecule has 1 saturated heterocycles. The lowest BCUT2D eigenvalue weighted by Gasteiger charge is -2.11. The number of nitrogens with one attached hydrogen (secondary N) is 2. The average molecular weight is 305 g/mol. The number of rotatable bonds is 6. The van der Waals surface area contributed by atoms with Crippen LogP contribution in [0.3, 0.4) is 0 Å². The van der Waals surface area contributed by atoms with Crippen LogP contribution in [0.15, 0.2) is 18.2 Å². The summed E-state index contributed by atoms with van der Waals surface area (Å²) in [5.41, 5.74) is 0.501. The zero-order valence-electron chi connectivity index (χ0n) is 13.1. The molecule has 0 aromatic carbocycles. The van der Waals surface area contributed by atoms with E-state index >= 15 is 0 Å². The van der Waals surface area contributed by atoms with Gasteiger partial charge in [0.15, 0.2) is 0 Å². The van der Waals surface area contributed by atoms with E-state index in [2.05, 4.69) is 15.6 Å². The Labute approximate surface area is 130 Å². The van der Waals surface area contributed by atoms with Gasteiger partial charge in [0.2, 0.25) is 0 Å². The molecule has 0 saturated carbocycles. The van der Waals surface area contributed by atoms with E-state index < -0.39 is 0 Å². The molecule has 2 rings (SSSR count). The molecule has 1 fully saturated rings. The quantitative estimate of drug-likeness (QED) is 0.832. The van der Waals surface area contributed by atoms with Crippen molar-refractivity contribution < 1.29 is 14.3 Å². The number of ether oxygens (including phenoxy) is 1. The van der Waals surface area contributed by atoms with Gasteiger partial charge < -0.3 is 15.4 Å². The number of aromatic nitrogens is 1. The van der Waals surface area contributed by atoms with Crippen LogP contribution in [0.2, 0.25) is 0 Å². The van der Waals surface area contributed by atoms with Crippen LogP contribution in [0.1, 0.15) is 47.7 Å². The molecule has 0 radical (unpaired) electrons. The van der Waals surface area contributed by atoms with Crippen molar-refractivity contribution >= 4 is 11.8 Å². The summed E-state index contributed by atoms with van der Waals surface area (Å²) in [7, 11) is 0. The Balaban J connectivity index is 1.91. The van der Waals surface area contributed by atoms with E-state index in [1.165, 1.54) is 0 Å². The molecule has 2 N–H and O–H groups in total. The molecule has 1 aromatic rings. The lowest BCUT2D eigenvalue weighted by atomic mass is 10.2. The van der Waals surface area contributed by atoms with Crippen LogP contribution in [-0.2, 0) is 4.74 Å². The van der Waals surface area contributed by atoms with Gasteiger partial charge in [0, 0.05) is 19.7 Å². The molecule has 2 amide bonds. The van der Waals surface area contributed by atoms with Crippen LogP contribution < -0.4 is 10.6 Å². The van der Waals surface area contributed by atoms with Gasteiger partial charge in [-0.15, -0.1) is 0 Å². The number of hydrogen-bond donors (Lipinski definition) is 2. The van der Waals surface area contributed by atoms with Crippen molar-refractivity contribution in [1.82, 2.24) is 15.6 Å². The molecule has 1 aliphatic heterocycles. The van der Waals surface area contributed by atoms with Gasteiger partial charge >= 0.3 is 0 Å². The Morgan fingerprint density at radius 1 is 1.27 bits per heavy atom. The fourth-order valence-electron chi connectivity index (χ4n) is 2.18. The topological polar surface area (TPSA) is 80.3 Å². The lowest BCUT2D eigenvalue weighted by Crippen LogP contribution is -2.33. The summed E-state index contributed by atoms with van der Waals surface area (Å²) >= 11 is 0. The van der Waals surface area contributed by atoms with E-state index in [-0.39, 0.29) is 29.3 Å². The Kier molecular flexibility index (Phi) is 5.89. The normalized spacial score (nSPS) is 17.5. The maximum absolute atomic E-state index is 12.1. The Bertz CT molecular complexity index is 525. The maximum Gasteiger partial charge on any atom is 0.269 e. The second-order valence-electron chi connectivity index (χ2n) is 5.86. The van der Waals surface area contributed by atoms with Gasteiger partial charge in [0.25, 0.3) is 11.8 Å². The minimum atomic E-state index is -0.283. The smallest absolute Gasteiger partial charge is 0.269 e. The number of pyridine rings is 1. The highest BCUT2D eigenvalue weighted by atomic mass is 16.5. The zero-order chi connectivity index (χ0) is 15.9. The van der Waals surface area contributed by atoms with Crippen molar-refractivity contribution in [2.24, 2.45) is 5.92 Å². The number of carbonyl (C=O) groups is 2. The van der Waals surface area contributed by atoms with Gasteiger partial charge in [-0.1, -0.05) is 19.9 Å². The molecule has 0 spiro atoms. The van der Waals surface area contributed by atoms with Gasteiger partial charge in [-0.2, -0.15) is 0 Å². The molecule has 1 unspecified atom stereocenters. The first-order valence-corrected chi connectivity index (χ1v) is 7.71. The average Bonchev–Trinajstić information content (AvgIpc) is 3.03. The van der Waals surface area contributed by atoms with Crippen molar-refractivity contribution in [3.8, 4) is 0 Å². The van der Waals surface area contributed by atoms with E-state index in [0.29, 0.717) is 19.0 Å². The zero-order valence-corrected chi connectivity index (χ0v) is 13.1. The molecule has 1 aromatic heterocycles. The second-order valence-corrected chi connectivity index (χ2v) is 5.86. The van der Waals surface area contributed by atoms with Crippen molar-refractivity contribution in [3.05, 3.63) is 29.6 Å². The largest absolute Gasteiger partial charge is 0.376 e. The highest BCUT2D eigenvalue weighted by Crippen LogP contribution is 2.10. The first-order valence-electron chi connectivity index (χ1n) is 7.71. The van der Waals surface area contributed by atoms with Crippen LogP contribution in [0.4, 0.5) is 0 Å². The van der Waals surface area contributed by atoms with Crippen LogP contribution in [0.25, 0.3) is 0 Å². The molecular weight excluding hydrogens is 282 g/mol. The van der Waals surface area contributed by atoms with E-state index in [4.69, 9.17) is 4.74 Å². The van der Waals surface area contributed by atoms with Gasteiger partial charge in [-0.3, -0.25) is 9.59 Å². The first-order chi connectivity index (χ1) is 10.6. The van der Waals surface area contributed by atoms with E-state index in [1.807, 2.05) is 13.8 Å². The highest BCUT2D eigenvalue weighted by Gasteiger charge is 2.18. The summed E-state index contributed by atoms with van der Waals surface area (Å²) in [5, 5.41) is 5.59. The Morgan fingerprint density at radius 3 is 2.55 bits per heavy atom. The standard InChI is InChI=1S/C16H23N3O3/c1-11(2)9-17-15(20)13-6-3-7-14(19-13)16(21)18-10-12-5-4-8-22-12/h3,6-7,11-12H,4-5,8-10H2,1-2H3,(H,17,20)(H,18,21). The molecule has 120 valence electrons. The molecule has 1 aliphatic rings. The summed E-state index contributed by atoms with van der Waals surface area (Å²) in [6.07, 6.45) is 2.08. The predicted molar refractivity (Wildman–Crippen MR) is 82.7 cm³/mol. The van der Waals surface area contributed by atoms with Crippen molar-refractivity contribution in [2.45, 2.75) is 32.8 Å². The first kappa shape index (κ1) is 16.4. The third kappa shape index (κ3) is 4.80. The molecule has 0 bridgehead atoms. The fourth-order valence-corrected chi connectivity index (χ4v) is 2.18. The summed E-state index contributed by atoms with van der Waals surface area (Å²) < 4.78 is 5.46. The van der Waals surface area contributed by atoms with Crippen molar-refractivity contribution in [2.75, 3.05) is 19.7 Å². The Morgan fingerprint density at radius 2 is 1.95 bits per heavy atom. The highest BCUT2D eigenvalue weighted by molar-refractivity contribution is 5.96. The van der Waals surface area contributed by atoms with Crippen LogP contribution in [0, 0.1) is 5.92 Å². The van der Waals surface area contributed by atoms with E-state index in [0.717, 1.165) is 19.4 Å². The number of carbonyl (C=O) groups excluding carboxylic acids is 2. The van der Waals surface area contributed by atoms with Crippen LogP contribution >= 0.6 is 0 Å². The molecule has 22 heavy (non-hydrogen) atoms.